The van der Waals surface area contributed by atoms with Gasteiger partial charge in [0.25, 0.3) is 5.89 Å². The van der Waals surface area contributed by atoms with Crippen LogP contribution in [0.15, 0.2) is 4.52 Å². The van der Waals surface area contributed by atoms with Gasteiger partial charge in [-0.05, 0) is 18.7 Å². The highest BCUT2D eigenvalue weighted by Crippen LogP contribution is 2.26. The lowest BCUT2D eigenvalue weighted by atomic mass is 10.0. The Morgan fingerprint density at radius 1 is 1.67 bits per heavy atom. The lowest BCUT2D eigenvalue weighted by Gasteiger charge is -2.14. The number of thioether (sulfide) groups is 1. The molecule has 1 aromatic rings. The van der Waals surface area contributed by atoms with E-state index in [0.717, 1.165) is 18.1 Å². The highest BCUT2D eigenvalue weighted by atomic mass is 32.2. The van der Waals surface area contributed by atoms with Crippen LogP contribution in [-0.2, 0) is 11.4 Å². The summed E-state index contributed by atoms with van der Waals surface area (Å²) >= 11 is 1.73. The lowest BCUT2D eigenvalue weighted by Crippen LogP contribution is -2.28. The van der Waals surface area contributed by atoms with Gasteiger partial charge in [-0.2, -0.15) is 16.7 Å². The largest absolute Gasteiger partial charge is 0.379 e. The molecule has 0 radical (unpaired) electrons. The Labute approximate surface area is 92.6 Å². The van der Waals surface area contributed by atoms with Crippen molar-refractivity contribution in [3.8, 4) is 0 Å². The zero-order valence-corrected chi connectivity index (χ0v) is 9.51. The minimum atomic E-state index is -0.956. The summed E-state index contributed by atoms with van der Waals surface area (Å²) in [5.41, 5.74) is -0.956. The van der Waals surface area contributed by atoms with Crippen molar-refractivity contribution < 1.29 is 9.63 Å². The van der Waals surface area contributed by atoms with E-state index in [9.17, 15) is 5.11 Å². The summed E-state index contributed by atoms with van der Waals surface area (Å²) in [5.74, 6) is 2.77. The van der Waals surface area contributed by atoms with Crippen LogP contribution in [0, 0.1) is 0 Å². The molecule has 1 saturated heterocycles. The van der Waals surface area contributed by atoms with E-state index in [1.165, 1.54) is 0 Å². The summed E-state index contributed by atoms with van der Waals surface area (Å²) in [5, 5.41) is 17.1. The number of rotatable bonds is 4. The van der Waals surface area contributed by atoms with Crippen LogP contribution >= 0.6 is 11.8 Å². The second kappa shape index (κ2) is 4.51. The Morgan fingerprint density at radius 2 is 2.53 bits per heavy atom. The first-order chi connectivity index (χ1) is 7.24. The van der Waals surface area contributed by atoms with Crippen LogP contribution in [0.5, 0.6) is 0 Å². The Hall–Kier alpha value is -0.590. The van der Waals surface area contributed by atoms with Gasteiger partial charge < -0.3 is 14.9 Å². The fourth-order valence-corrected chi connectivity index (χ4v) is 2.06. The fraction of sp³-hybridized carbons (Fsp3) is 0.778. The Morgan fingerprint density at radius 3 is 3.20 bits per heavy atom. The van der Waals surface area contributed by atoms with Gasteiger partial charge in [-0.25, -0.2) is 0 Å². The quantitative estimate of drug-likeness (QED) is 0.783. The van der Waals surface area contributed by atoms with Crippen molar-refractivity contribution in [3.63, 3.8) is 0 Å². The van der Waals surface area contributed by atoms with Crippen LogP contribution in [-0.4, -0.2) is 34.1 Å². The molecule has 1 aliphatic heterocycles. The van der Waals surface area contributed by atoms with E-state index in [0.29, 0.717) is 24.7 Å². The van der Waals surface area contributed by atoms with Gasteiger partial charge in [-0.1, -0.05) is 12.1 Å². The monoisotopic (exact) mass is 229 g/mol. The third kappa shape index (κ3) is 2.32. The first-order valence-electron chi connectivity index (χ1n) is 5.08. The molecular weight excluding hydrogens is 214 g/mol. The molecule has 0 aliphatic carbocycles. The summed E-state index contributed by atoms with van der Waals surface area (Å²) in [6.07, 6.45) is 0.634. The Bertz CT molecular complexity index is 323. The van der Waals surface area contributed by atoms with Crippen molar-refractivity contribution >= 4 is 11.8 Å². The van der Waals surface area contributed by atoms with Gasteiger partial charge in [0.15, 0.2) is 11.4 Å². The van der Waals surface area contributed by atoms with Crippen LogP contribution < -0.4 is 5.32 Å². The molecule has 1 aromatic heterocycles. The predicted octanol–water partition coefficient (Wildman–Crippen LogP) is 0.504. The van der Waals surface area contributed by atoms with Gasteiger partial charge in [0.2, 0.25) is 0 Å². The Balaban J connectivity index is 2.05. The van der Waals surface area contributed by atoms with Crippen molar-refractivity contribution in [2.24, 2.45) is 0 Å². The number of hydrogen-bond acceptors (Lipinski definition) is 6. The maximum atomic E-state index is 10.1. The first kappa shape index (κ1) is 10.9. The molecule has 1 fully saturated rings. The topological polar surface area (TPSA) is 71.2 Å². The summed E-state index contributed by atoms with van der Waals surface area (Å²) in [6, 6.07) is 0. The van der Waals surface area contributed by atoms with Crippen LogP contribution in [0.25, 0.3) is 0 Å². The predicted molar refractivity (Wildman–Crippen MR) is 57.5 cm³/mol. The Kier molecular flexibility index (Phi) is 3.28. The molecule has 2 rings (SSSR count). The van der Waals surface area contributed by atoms with E-state index >= 15 is 0 Å². The number of hydrogen-bond donors (Lipinski definition) is 2. The third-order valence-corrected chi connectivity index (χ3v) is 3.30. The average molecular weight is 229 g/mol. The first-order valence-corrected chi connectivity index (χ1v) is 6.24. The van der Waals surface area contributed by atoms with Crippen molar-refractivity contribution in [2.75, 3.05) is 18.8 Å². The molecule has 1 aliphatic rings. The van der Waals surface area contributed by atoms with Gasteiger partial charge in [0.1, 0.15) is 0 Å². The maximum Gasteiger partial charge on any atom is 0.260 e. The second-order valence-corrected chi connectivity index (χ2v) is 4.89. The minimum Gasteiger partial charge on any atom is -0.379 e. The van der Waals surface area contributed by atoms with Gasteiger partial charge >= 0.3 is 0 Å². The van der Waals surface area contributed by atoms with Gasteiger partial charge in [0, 0.05) is 6.54 Å². The number of β-amino-alcohol motifs (C(OH)–C–C–N with tert-alkyl or cyclic N) is 1. The smallest absolute Gasteiger partial charge is 0.260 e. The van der Waals surface area contributed by atoms with E-state index in [1.807, 2.05) is 0 Å². The summed E-state index contributed by atoms with van der Waals surface area (Å²) in [6.45, 7) is 3.37. The van der Waals surface area contributed by atoms with Crippen LogP contribution in [0.4, 0.5) is 0 Å². The zero-order chi connectivity index (χ0) is 10.7. The van der Waals surface area contributed by atoms with E-state index in [1.54, 1.807) is 11.8 Å². The molecule has 2 heterocycles. The molecule has 0 saturated carbocycles. The van der Waals surface area contributed by atoms with Gasteiger partial charge in [-0.15, -0.1) is 0 Å². The normalized spacial score (nSPS) is 26.0. The van der Waals surface area contributed by atoms with E-state index in [-0.39, 0.29) is 0 Å². The average Bonchev–Trinajstić information content (AvgIpc) is 2.84. The molecule has 0 amide bonds. The standard InChI is InChI=1S/C9H15N3O2S/c1-2-15-5-7-11-8(14-12-7)9(13)3-4-10-6-9/h10,13H,2-6H2,1H3. The molecule has 0 spiro atoms. The lowest BCUT2D eigenvalue weighted by molar-refractivity contribution is 0.0243. The molecule has 0 bridgehead atoms. The second-order valence-electron chi connectivity index (χ2n) is 3.61. The van der Waals surface area contributed by atoms with E-state index in [4.69, 9.17) is 4.52 Å². The molecular formula is C9H15N3O2S. The van der Waals surface area contributed by atoms with Crippen LogP contribution in [0.3, 0.4) is 0 Å². The maximum absolute atomic E-state index is 10.1. The molecule has 1 atom stereocenters. The van der Waals surface area contributed by atoms with Crippen molar-refractivity contribution in [3.05, 3.63) is 11.7 Å². The van der Waals surface area contributed by atoms with Crippen LogP contribution in [0.1, 0.15) is 25.1 Å². The molecule has 5 nitrogen and oxygen atoms in total. The summed E-state index contributed by atoms with van der Waals surface area (Å²) in [7, 11) is 0. The van der Waals surface area contributed by atoms with Crippen LogP contribution in [0.2, 0.25) is 0 Å². The minimum absolute atomic E-state index is 0.346. The summed E-state index contributed by atoms with van der Waals surface area (Å²) in [4.78, 5) is 4.21. The number of nitrogens with zero attached hydrogens (tertiary/aromatic N) is 2. The number of aliphatic hydroxyl groups is 1. The van der Waals surface area contributed by atoms with E-state index in [2.05, 4.69) is 22.4 Å². The summed E-state index contributed by atoms with van der Waals surface area (Å²) < 4.78 is 5.08. The highest BCUT2D eigenvalue weighted by molar-refractivity contribution is 7.98. The molecule has 0 aromatic carbocycles. The molecule has 84 valence electrons. The van der Waals surface area contributed by atoms with E-state index < -0.39 is 5.60 Å². The third-order valence-electron chi connectivity index (χ3n) is 2.43. The zero-order valence-electron chi connectivity index (χ0n) is 8.69. The molecule has 15 heavy (non-hydrogen) atoms. The highest BCUT2D eigenvalue weighted by Gasteiger charge is 2.38. The number of aromatic nitrogens is 2. The van der Waals surface area contributed by atoms with Gasteiger partial charge in [0.05, 0.1) is 5.75 Å². The fourth-order valence-electron chi connectivity index (χ4n) is 1.56. The SMILES string of the molecule is CCSCc1noc(C2(O)CCNC2)n1. The number of nitrogens with one attached hydrogen (secondary N) is 1. The van der Waals surface area contributed by atoms with Crippen molar-refractivity contribution in [1.29, 1.82) is 0 Å². The van der Waals surface area contributed by atoms with Gasteiger partial charge in [-0.3, -0.25) is 0 Å². The molecule has 6 heteroatoms. The molecule has 1 unspecified atom stereocenters. The van der Waals surface area contributed by atoms with Crippen molar-refractivity contribution in [2.45, 2.75) is 24.7 Å². The van der Waals surface area contributed by atoms with Crippen molar-refractivity contribution in [1.82, 2.24) is 15.5 Å². The molecule has 2 N–H and O–H groups in total.